The highest BCUT2D eigenvalue weighted by molar-refractivity contribution is 6.05. The van der Waals surface area contributed by atoms with Crippen molar-refractivity contribution in [2.45, 2.75) is 18.9 Å². The van der Waals surface area contributed by atoms with Gasteiger partial charge in [-0.25, -0.2) is 0 Å². The number of piperidine rings is 1. The first kappa shape index (κ1) is 13.7. The Balaban J connectivity index is 1.65. The summed E-state index contributed by atoms with van der Waals surface area (Å²) >= 11 is 0. The van der Waals surface area contributed by atoms with Crippen LogP contribution in [0.4, 0.5) is 0 Å². The zero-order chi connectivity index (χ0) is 15.1. The summed E-state index contributed by atoms with van der Waals surface area (Å²) in [5.74, 6) is 1.07. The van der Waals surface area contributed by atoms with Crippen molar-refractivity contribution in [1.82, 2.24) is 9.88 Å². The molecule has 1 aliphatic carbocycles. The van der Waals surface area contributed by atoms with Gasteiger partial charge in [0.2, 0.25) is 0 Å². The molecular formula is C18H20N2O2. The van der Waals surface area contributed by atoms with Gasteiger partial charge in [-0.1, -0.05) is 18.2 Å². The molecule has 2 aromatic rings. The van der Waals surface area contributed by atoms with Crippen LogP contribution in [0.3, 0.4) is 0 Å². The van der Waals surface area contributed by atoms with Crippen LogP contribution >= 0.6 is 0 Å². The molecule has 0 radical (unpaired) electrons. The van der Waals surface area contributed by atoms with E-state index in [9.17, 15) is 4.79 Å². The number of fused-ring (bicyclic) bond motifs is 3. The fourth-order valence-corrected chi connectivity index (χ4v) is 4.17. The van der Waals surface area contributed by atoms with Crippen LogP contribution in [0.2, 0.25) is 0 Å². The van der Waals surface area contributed by atoms with Gasteiger partial charge in [0, 0.05) is 43.6 Å². The first-order valence-electron chi connectivity index (χ1n) is 7.93. The van der Waals surface area contributed by atoms with Gasteiger partial charge < -0.3 is 9.64 Å². The number of hydrogen-bond acceptors (Lipinski definition) is 3. The Kier molecular flexibility index (Phi) is 3.34. The van der Waals surface area contributed by atoms with Crippen molar-refractivity contribution < 1.29 is 9.53 Å². The van der Waals surface area contributed by atoms with E-state index in [4.69, 9.17) is 4.74 Å². The zero-order valence-electron chi connectivity index (χ0n) is 12.7. The molecule has 1 unspecified atom stereocenters. The van der Waals surface area contributed by atoms with Gasteiger partial charge in [-0.15, -0.1) is 0 Å². The Morgan fingerprint density at radius 2 is 1.91 bits per heavy atom. The summed E-state index contributed by atoms with van der Waals surface area (Å²) in [6, 6.07) is 9.73. The Morgan fingerprint density at radius 1 is 1.18 bits per heavy atom. The summed E-state index contributed by atoms with van der Waals surface area (Å²) in [5.41, 5.74) is 1.52. The normalized spacial score (nSPS) is 27.3. The van der Waals surface area contributed by atoms with Crippen molar-refractivity contribution >= 4 is 16.8 Å². The number of rotatable bonds is 2. The lowest BCUT2D eigenvalue weighted by atomic mass is 9.94. The quantitative estimate of drug-likeness (QED) is 0.856. The first-order chi connectivity index (χ1) is 10.8. The van der Waals surface area contributed by atoms with E-state index in [-0.39, 0.29) is 5.91 Å². The fourth-order valence-electron chi connectivity index (χ4n) is 4.17. The highest BCUT2D eigenvalue weighted by Gasteiger charge is 2.43. The Hall–Kier alpha value is -1.94. The van der Waals surface area contributed by atoms with E-state index in [1.165, 1.54) is 12.8 Å². The van der Waals surface area contributed by atoms with Crippen LogP contribution in [-0.2, 0) is 4.74 Å². The molecule has 1 saturated heterocycles. The highest BCUT2D eigenvalue weighted by Crippen LogP contribution is 2.39. The number of para-hydroxylation sites is 1. The summed E-state index contributed by atoms with van der Waals surface area (Å²) in [7, 11) is 1.79. The van der Waals surface area contributed by atoms with Gasteiger partial charge in [0.15, 0.2) is 0 Å². The number of amides is 1. The number of methoxy groups -OCH3 is 1. The fraction of sp³-hybridized carbons (Fsp3) is 0.444. The number of carbonyl (C=O) groups excluding carboxylic acids is 1. The number of pyridine rings is 1. The summed E-state index contributed by atoms with van der Waals surface area (Å²) < 4.78 is 5.63. The molecule has 4 heteroatoms. The van der Waals surface area contributed by atoms with Crippen LogP contribution in [0.1, 0.15) is 23.2 Å². The van der Waals surface area contributed by atoms with Gasteiger partial charge in [0.25, 0.3) is 5.91 Å². The lowest BCUT2D eigenvalue weighted by molar-refractivity contribution is -0.0113. The van der Waals surface area contributed by atoms with Gasteiger partial charge in [0.1, 0.15) is 0 Å². The third kappa shape index (κ3) is 2.10. The molecule has 1 aromatic heterocycles. The van der Waals surface area contributed by atoms with E-state index >= 15 is 0 Å². The number of likely N-dealkylation sites (tertiary alicyclic amines) is 1. The van der Waals surface area contributed by atoms with Crippen molar-refractivity contribution in [2.24, 2.45) is 11.8 Å². The molecule has 0 N–H and O–H groups in total. The average molecular weight is 296 g/mol. The second-order valence-electron chi connectivity index (χ2n) is 6.39. The van der Waals surface area contributed by atoms with Crippen LogP contribution in [0.15, 0.2) is 36.5 Å². The first-order valence-corrected chi connectivity index (χ1v) is 7.93. The minimum Gasteiger partial charge on any atom is -0.381 e. The summed E-state index contributed by atoms with van der Waals surface area (Å²) in [4.78, 5) is 19.4. The molecule has 1 saturated carbocycles. The van der Waals surface area contributed by atoms with Crippen LogP contribution in [0.5, 0.6) is 0 Å². The van der Waals surface area contributed by atoms with Crippen LogP contribution in [-0.4, -0.2) is 42.1 Å². The van der Waals surface area contributed by atoms with E-state index in [0.29, 0.717) is 23.5 Å². The van der Waals surface area contributed by atoms with Crippen LogP contribution in [0, 0.1) is 11.8 Å². The Morgan fingerprint density at radius 3 is 2.64 bits per heavy atom. The number of carbonyl (C=O) groups is 1. The van der Waals surface area contributed by atoms with Gasteiger partial charge in [0.05, 0.1) is 17.2 Å². The van der Waals surface area contributed by atoms with E-state index in [0.717, 1.165) is 24.0 Å². The molecular weight excluding hydrogens is 276 g/mol. The molecule has 4 nitrogen and oxygen atoms in total. The minimum absolute atomic E-state index is 0.107. The topological polar surface area (TPSA) is 42.4 Å². The molecule has 3 atom stereocenters. The van der Waals surface area contributed by atoms with Crippen LogP contribution < -0.4 is 0 Å². The largest absolute Gasteiger partial charge is 0.381 e. The molecule has 2 aliphatic rings. The number of benzene rings is 1. The predicted octanol–water partition coefficient (Wildman–Crippen LogP) is 2.73. The van der Waals surface area contributed by atoms with Gasteiger partial charge in [-0.3, -0.25) is 9.78 Å². The molecule has 114 valence electrons. The SMILES string of the molecule is COC1[C@@H]2CC[C@H]1CN(C(=O)c1cccc3cccnc13)C2. The highest BCUT2D eigenvalue weighted by atomic mass is 16.5. The van der Waals surface area contributed by atoms with Crippen molar-refractivity contribution in [2.75, 3.05) is 20.2 Å². The lowest BCUT2D eigenvalue weighted by Gasteiger charge is -2.37. The number of aromatic nitrogens is 1. The van der Waals surface area contributed by atoms with Crippen molar-refractivity contribution in [3.63, 3.8) is 0 Å². The Labute approximate surface area is 130 Å². The van der Waals surface area contributed by atoms with Crippen LogP contribution in [0.25, 0.3) is 10.9 Å². The summed E-state index contributed by atoms with van der Waals surface area (Å²) in [6.45, 7) is 1.61. The summed E-state index contributed by atoms with van der Waals surface area (Å²) in [5, 5.41) is 1.02. The average Bonchev–Trinajstić information content (AvgIpc) is 2.81. The third-order valence-electron chi connectivity index (χ3n) is 5.17. The monoisotopic (exact) mass is 296 g/mol. The number of hydrogen-bond donors (Lipinski definition) is 0. The maximum absolute atomic E-state index is 13.0. The maximum atomic E-state index is 13.0. The molecule has 2 bridgehead atoms. The molecule has 0 spiro atoms. The summed E-state index contributed by atoms with van der Waals surface area (Å²) in [6.07, 6.45) is 4.41. The molecule has 22 heavy (non-hydrogen) atoms. The van der Waals surface area contributed by atoms with Crippen molar-refractivity contribution in [1.29, 1.82) is 0 Å². The predicted molar refractivity (Wildman–Crippen MR) is 84.7 cm³/mol. The number of nitrogens with zero attached hydrogens (tertiary/aromatic N) is 2. The van der Waals surface area contributed by atoms with E-state index in [1.54, 1.807) is 13.3 Å². The van der Waals surface area contributed by atoms with Gasteiger partial charge >= 0.3 is 0 Å². The van der Waals surface area contributed by atoms with Crippen molar-refractivity contribution in [3.05, 3.63) is 42.1 Å². The molecule has 2 heterocycles. The second-order valence-corrected chi connectivity index (χ2v) is 6.39. The number of ether oxygens (including phenoxy) is 1. The smallest absolute Gasteiger partial charge is 0.256 e. The molecule has 4 rings (SSSR count). The molecule has 1 aliphatic heterocycles. The molecule has 1 aromatic carbocycles. The van der Waals surface area contributed by atoms with E-state index in [2.05, 4.69) is 4.98 Å². The minimum atomic E-state index is 0.107. The zero-order valence-corrected chi connectivity index (χ0v) is 12.7. The molecule has 2 fully saturated rings. The lowest BCUT2D eigenvalue weighted by Crippen LogP contribution is -2.48. The third-order valence-corrected chi connectivity index (χ3v) is 5.17. The maximum Gasteiger partial charge on any atom is 0.256 e. The van der Waals surface area contributed by atoms with Gasteiger partial charge in [-0.05, 0) is 25.0 Å². The standard InChI is InChI=1S/C18H20N2O2/c1-22-17-13-7-8-14(17)11-20(10-13)18(21)15-6-2-4-12-5-3-9-19-16(12)15/h2-6,9,13-14,17H,7-8,10-11H2,1H3/t13-,14+,17?. The second kappa shape index (κ2) is 5.36. The van der Waals surface area contributed by atoms with Gasteiger partial charge in [-0.2, -0.15) is 0 Å². The molecule has 1 amide bonds. The van der Waals surface area contributed by atoms with E-state index in [1.807, 2.05) is 35.2 Å². The van der Waals surface area contributed by atoms with Crippen molar-refractivity contribution in [3.8, 4) is 0 Å². The van der Waals surface area contributed by atoms with E-state index < -0.39 is 0 Å². The Bertz CT molecular complexity index is 696.